The van der Waals surface area contributed by atoms with Crippen LogP contribution in [0.15, 0.2) is 23.1 Å². The summed E-state index contributed by atoms with van der Waals surface area (Å²) in [7, 11) is 0. The summed E-state index contributed by atoms with van der Waals surface area (Å²) in [4.78, 5) is 5.39. The Kier molecular flexibility index (Phi) is 3.27. The van der Waals surface area contributed by atoms with Gasteiger partial charge in [-0.2, -0.15) is 8.78 Å². The first-order valence-corrected chi connectivity index (χ1v) is 7.96. The molecule has 0 spiro atoms. The highest BCUT2D eigenvalue weighted by Gasteiger charge is 2.23. The number of aryl methyl sites for hydroxylation is 1. The number of benzene rings is 1. The van der Waals surface area contributed by atoms with Crippen LogP contribution in [0.4, 0.5) is 8.78 Å². The Hall–Kier alpha value is -1.07. The van der Waals surface area contributed by atoms with Crippen LogP contribution in [0, 0.1) is 6.92 Å². The molecule has 0 radical (unpaired) electrons. The summed E-state index contributed by atoms with van der Waals surface area (Å²) in [6, 6.07) is 5.23. The average molecular weight is 313 g/mol. The van der Waals surface area contributed by atoms with Gasteiger partial charge in [0.05, 0.1) is 0 Å². The Morgan fingerprint density at radius 1 is 1.52 bits per heavy atom. The molecule has 1 N–H and O–H groups in total. The van der Waals surface area contributed by atoms with Crippen LogP contribution in [-0.2, 0) is 6.42 Å². The normalized spacial score (nSPS) is 22.7. The van der Waals surface area contributed by atoms with Crippen LogP contribution in [-0.4, -0.2) is 35.2 Å². The van der Waals surface area contributed by atoms with Crippen molar-refractivity contribution in [3.8, 4) is 0 Å². The van der Waals surface area contributed by atoms with Crippen molar-refractivity contribution in [3.63, 3.8) is 0 Å². The number of aromatic nitrogens is 1. The number of likely N-dealkylation sites (tertiary alicyclic amines) is 1. The monoisotopic (exact) mass is 313 g/mol. The minimum absolute atomic E-state index is 0.0402. The van der Waals surface area contributed by atoms with Crippen LogP contribution in [0.1, 0.15) is 28.2 Å². The summed E-state index contributed by atoms with van der Waals surface area (Å²) in [5.74, 6) is -2.45. The van der Waals surface area contributed by atoms with E-state index in [0.29, 0.717) is 29.6 Å². The molecule has 21 heavy (non-hydrogen) atoms. The molecule has 5 heteroatoms. The maximum Gasteiger partial charge on any atom is 0.288 e. The van der Waals surface area contributed by atoms with Gasteiger partial charge in [0, 0.05) is 31.6 Å². The summed E-state index contributed by atoms with van der Waals surface area (Å²) in [6.07, 6.45) is 2.33. The number of thioether (sulfide) groups is 1. The quantitative estimate of drug-likeness (QED) is 0.842. The molecule has 2 nitrogen and oxygen atoms in total. The molecular formula is C16H20F2N2S. The van der Waals surface area contributed by atoms with Crippen molar-refractivity contribution < 1.29 is 12.9 Å². The highest BCUT2D eigenvalue weighted by molar-refractivity contribution is 7.99. The van der Waals surface area contributed by atoms with Gasteiger partial charge in [-0.3, -0.25) is 0 Å². The molecule has 2 aromatic rings. The fourth-order valence-corrected chi connectivity index (χ4v) is 3.62. The van der Waals surface area contributed by atoms with Gasteiger partial charge in [-0.05, 0) is 63.5 Å². The number of H-pyrrole nitrogens is 1. The highest BCUT2D eigenvalue weighted by Crippen LogP contribution is 2.32. The van der Waals surface area contributed by atoms with Gasteiger partial charge in [0.15, 0.2) is 0 Å². The van der Waals surface area contributed by atoms with Gasteiger partial charge in [-0.1, -0.05) is 11.8 Å². The van der Waals surface area contributed by atoms with Crippen LogP contribution in [0.3, 0.4) is 0 Å². The van der Waals surface area contributed by atoms with Gasteiger partial charge in [0.2, 0.25) is 0 Å². The number of fused-ring (bicyclic) bond motifs is 1. The number of aromatic amines is 1. The summed E-state index contributed by atoms with van der Waals surface area (Å²) >= 11 is 0.531. The smallest absolute Gasteiger partial charge is 0.288 e. The largest absolute Gasteiger partial charge is 0.358 e. The lowest BCUT2D eigenvalue weighted by atomic mass is 10.0. The van der Waals surface area contributed by atoms with E-state index in [1.165, 1.54) is 0 Å². The molecule has 2 heterocycles. The highest BCUT2D eigenvalue weighted by atomic mass is 32.2. The van der Waals surface area contributed by atoms with Crippen molar-refractivity contribution in [2.24, 2.45) is 0 Å². The number of nitrogens with one attached hydrogen (secondary N) is 1. The van der Waals surface area contributed by atoms with E-state index < -0.39 is 12.7 Å². The molecule has 1 fully saturated rings. The Balaban J connectivity index is 1.92. The molecule has 0 bridgehead atoms. The molecule has 1 aliphatic heterocycles. The minimum atomic E-state index is -2.45. The average Bonchev–Trinajstić information content (AvgIpc) is 3.04. The summed E-state index contributed by atoms with van der Waals surface area (Å²) in [6.45, 7) is 0.441. The second kappa shape index (κ2) is 5.97. The first-order chi connectivity index (χ1) is 11.3. The molecule has 1 aromatic heterocycles. The van der Waals surface area contributed by atoms with Crippen LogP contribution in [0.5, 0.6) is 0 Å². The first kappa shape index (κ1) is 11.5. The van der Waals surface area contributed by atoms with E-state index in [2.05, 4.69) is 4.98 Å². The molecule has 114 valence electrons. The van der Waals surface area contributed by atoms with Gasteiger partial charge in [0.25, 0.3) is 5.76 Å². The number of rotatable bonds is 4. The molecule has 1 atom stereocenters. The maximum atomic E-state index is 12.6. The van der Waals surface area contributed by atoms with Crippen molar-refractivity contribution in [3.05, 3.63) is 29.5 Å². The van der Waals surface area contributed by atoms with Crippen molar-refractivity contribution in [1.29, 1.82) is 0 Å². The molecule has 0 saturated carbocycles. The fraction of sp³-hybridized carbons (Fsp3) is 0.500. The molecule has 3 rings (SSSR count). The van der Waals surface area contributed by atoms with Crippen LogP contribution >= 0.6 is 11.8 Å². The van der Waals surface area contributed by atoms with Crippen molar-refractivity contribution in [1.82, 2.24) is 9.88 Å². The first-order valence-electron chi connectivity index (χ1n) is 8.58. The number of hydrogen-bond donors (Lipinski definition) is 1. The lowest BCUT2D eigenvalue weighted by Crippen LogP contribution is -2.26. The summed E-state index contributed by atoms with van der Waals surface area (Å²) < 4.78 is 48.3. The van der Waals surface area contributed by atoms with E-state index in [-0.39, 0.29) is 6.04 Å². The lowest BCUT2D eigenvalue weighted by Gasteiger charge is -2.19. The molecule has 1 aliphatic rings. The molecule has 0 amide bonds. The van der Waals surface area contributed by atoms with Gasteiger partial charge >= 0.3 is 0 Å². The van der Waals surface area contributed by atoms with E-state index in [1.807, 2.05) is 13.0 Å². The van der Waals surface area contributed by atoms with Crippen molar-refractivity contribution >= 4 is 22.7 Å². The summed E-state index contributed by atoms with van der Waals surface area (Å²) in [5.41, 5.74) is 2.91. The van der Waals surface area contributed by atoms with E-state index in [1.54, 1.807) is 17.0 Å². The van der Waals surface area contributed by atoms with E-state index in [0.717, 1.165) is 35.0 Å². The molecule has 0 aliphatic carbocycles. The number of hydrogen-bond acceptors (Lipinski definition) is 2. The Morgan fingerprint density at radius 3 is 3.14 bits per heavy atom. The van der Waals surface area contributed by atoms with Gasteiger partial charge in [-0.25, -0.2) is 0 Å². The number of nitrogens with zero attached hydrogens (tertiary/aromatic N) is 1. The number of likely N-dealkylation sites (N-methyl/N-ethyl adjacent to an activating group) is 1. The van der Waals surface area contributed by atoms with Crippen molar-refractivity contribution in [2.75, 3.05) is 13.5 Å². The second-order valence-electron chi connectivity index (χ2n) is 5.51. The SMILES string of the molecule is [2H]C([2H])([2H])N1CCC[C@@H]1Cc1c(C)[nH]c2ccc(SC(F)F)cc12. The third kappa shape index (κ3) is 3.09. The zero-order chi connectivity index (χ0) is 17.5. The topological polar surface area (TPSA) is 19.0 Å². The zero-order valence-electron chi connectivity index (χ0n) is 14.8. The Bertz CT molecular complexity index is 730. The predicted molar refractivity (Wildman–Crippen MR) is 84.3 cm³/mol. The van der Waals surface area contributed by atoms with Gasteiger partial charge < -0.3 is 9.88 Å². The van der Waals surface area contributed by atoms with E-state index in [4.69, 9.17) is 4.11 Å². The zero-order valence-corrected chi connectivity index (χ0v) is 12.6. The standard InChI is InChI=1S/C16H20F2N2S/c1-10-13(8-11-4-3-7-20(11)2)14-9-12(21-16(17)18)5-6-15(14)19-10/h5-6,9,11,16,19H,3-4,7-8H2,1-2H3/t11-/m1/s1/i2D3. The molecule has 1 saturated heterocycles. The third-order valence-corrected chi connectivity index (χ3v) is 4.84. The Labute approximate surface area is 132 Å². The van der Waals surface area contributed by atoms with E-state index in [9.17, 15) is 8.78 Å². The molecule has 1 aromatic carbocycles. The summed E-state index contributed by atoms with van der Waals surface area (Å²) in [5, 5.41) is 0.913. The van der Waals surface area contributed by atoms with Crippen molar-refractivity contribution in [2.45, 2.75) is 42.9 Å². The predicted octanol–water partition coefficient (Wildman–Crippen LogP) is 4.43. The molecule has 0 unspecified atom stereocenters. The Morgan fingerprint density at radius 2 is 2.38 bits per heavy atom. The second-order valence-corrected chi connectivity index (χ2v) is 6.57. The minimum Gasteiger partial charge on any atom is -0.358 e. The van der Waals surface area contributed by atoms with Gasteiger partial charge in [-0.15, -0.1) is 0 Å². The molecular weight excluding hydrogens is 290 g/mol. The van der Waals surface area contributed by atoms with E-state index >= 15 is 0 Å². The lowest BCUT2D eigenvalue weighted by molar-refractivity contribution is 0.252. The number of halogens is 2. The van der Waals surface area contributed by atoms with Gasteiger partial charge in [0.1, 0.15) is 0 Å². The fourth-order valence-electron chi connectivity index (χ4n) is 3.08. The number of alkyl halides is 2. The third-order valence-electron chi connectivity index (χ3n) is 4.13. The maximum absolute atomic E-state index is 12.6. The van der Waals surface area contributed by atoms with Crippen LogP contribution < -0.4 is 0 Å². The van der Waals surface area contributed by atoms with Crippen LogP contribution in [0.25, 0.3) is 10.9 Å². The van der Waals surface area contributed by atoms with Crippen LogP contribution in [0.2, 0.25) is 0 Å².